The third-order valence-corrected chi connectivity index (χ3v) is 8.10. The second-order valence-corrected chi connectivity index (χ2v) is 11.6. The number of carbonyl (C=O) groups excluding carboxylic acids is 2. The van der Waals surface area contributed by atoms with Gasteiger partial charge in [0.25, 0.3) is 5.91 Å². The van der Waals surface area contributed by atoms with E-state index >= 15 is 0 Å². The molecule has 0 radical (unpaired) electrons. The number of aliphatic hydroxyl groups excluding tert-OH is 2. The van der Waals surface area contributed by atoms with Gasteiger partial charge in [0.2, 0.25) is 11.0 Å². The largest absolute Gasteiger partial charge is 0.395 e. The predicted octanol–water partition coefficient (Wildman–Crippen LogP) is 3.25. The third kappa shape index (κ3) is 9.86. The number of amidine groups is 1. The Morgan fingerprint density at radius 1 is 0.974 bits per heavy atom. The summed E-state index contributed by atoms with van der Waals surface area (Å²) in [5.41, 5.74) is 7.24. The molecule has 6 N–H and O–H groups in total. The molecular formula is C26H30N6O4S3. The highest BCUT2D eigenvalue weighted by Gasteiger charge is 2.21. The molecule has 2 unspecified atom stereocenters. The van der Waals surface area contributed by atoms with Gasteiger partial charge < -0.3 is 15.9 Å². The number of anilines is 1. The van der Waals surface area contributed by atoms with Crippen molar-refractivity contribution >= 4 is 62.0 Å². The fraction of sp³-hybridized carbons (Fsp3) is 0.308. The van der Waals surface area contributed by atoms with E-state index in [9.17, 15) is 19.8 Å². The van der Waals surface area contributed by atoms with Crippen LogP contribution in [-0.4, -0.2) is 67.2 Å². The van der Waals surface area contributed by atoms with Gasteiger partial charge in [0, 0.05) is 12.8 Å². The van der Waals surface area contributed by atoms with E-state index in [0.29, 0.717) is 29.3 Å². The van der Waals surface area contributed by atoms with Crippen molar-refractivity contribution in [2.45, 2.75) is 24.7 Å². The van der Waals surface area contributed by atoms with Crippen molar-refractivity contribution in [2.24, 2.45) is 10.7 Å². The number of hydrogen-bond donors (Lipinski definition) is 5. The van der Waals surface area contributed by atoms with Crippen LogP contribution in [0.15, 0.2) is 65.7 Å². The van der Waals surface area contributed by atoms with Crippen LogP contribution in [0, 0.1) is 5.41 Å². The number of hydrogen-bond acceptors (Lipinski definition) is 10. The van der Waals surface area contributed by atoms with Crippen molar-refractivity contribution in [1.29, 1.82) is 5.41 Å². The molecule has 206 valence electrons. The zero-order valence-corrected chi connectivity index (χ0v) is 23.5. The molecule has 10 nitrogen and oxygen atoms in total. The molecule has 0 saturated heterocycles. The summed E-state index contributed by atoms with van der Waals surface area (Å²) in [4.78, 5) is 28.8. The van der Waals surface area contributed by atoms with Gasteiger partial charge in [-0.15, -0.1) is 10.2 Å². The Hall–Kier alpha value is -3.10. The lowest BCUT2D eigenvalue weighted by molar-refractivity contribution is -0.120. The highest BCUT2D eigenvalue weighted by Crippen LogP contribution is 2.22. The Balaban J connectivity index is 1.36. The maximum absolute atomic E-state index is 12.6. The molecule has 0 aliphatic rings. The van der Waals surface area contributed by atoms with Crippen molar-refractivity contribution in [2.75, 3.05) is 30.0 Å². The minimum absolute atomic E-state index is 0.0245. The van der Waals surface area contributed by atoms with E-state index in [0.717, 1.165) is 28.1 Å². The van der Waals surface area contributed by atoms with Gasteiger partial charge in [-0.2, -0.15) is 16.8 Å². The SMILES string of the molecule is N=C(CCSCCc1nnc(NC(=O)C(CO)c2ccccc2)s1)SC(N)=NC(=O)C(CO)c1ccccc1. The highest BCUT2D eigenvalue weighted by atomic mass is 32.2. The molecular weight excluding hydrogens is 557 g/mol. The first-order valence-corrected chi connectivity index (χ1v) is 14.9. The number of benzene rings is 2. The Morgan fingerprint density at radius 3 is 2.21 bits per heavy atom. The molecule has 2 aromatic carbocycles. The normalized spacial score (nSPS) is 13.0. The topological polar surface area (TPSA) is 175 Å². The molecule has 1 heterocycles. The van der Waals surface area contributed by atoms with Crippen LogP contribution in [-0.2, 0) is 16.0 Å². The number of aliphatic imine (C=N–C) groups is 1. The fourth-order valence-electron chi connectivity index (χ4n) is 3.45. The fourth-order valence-corrected chi connectivity index (χ4v) is 5.93. The molecule has 3 rings (SSSR count). The van der Waals surface area contributed by atoms with Crippen LogP contribution in [0.25, 0.3) is 0 Å². The number of aromatic nitrogens is 2. The van der Waals surface area contributed by atoms with Gasteiger partial charge in [0.15, 0.2) is 5.17 Å². The minimum atomic E-state index is -0.788. The van der Waals surface area contributed by atoms with E-state index in [-0.39, 0.29) is 29.3 Å². The first-order chi connectivity index (χ1) is 18.9. The lowest BCUT2D eigenvalue weighted by Crippen LogP contribution is -2.23. The van der Waals surface area contributed by atoms with E-state index < -0.39 is 17.7 Å². The number of rotatable bonds is 13. The van der Waals surface area contributed by atoms with Crippen molar-refractivity contribution < 1.29 is 19.8 Å². The van der Waals surface area contributed by atoms with Gasteiger partial charge in [-0.1, -0.05) is 72.0 Å². The number of amides is 2. The summed E-state index contributed by atoms with van der Waals surface area (Å²) in [6.45, 7) is -0.687. The van der Waals surface area contributed by atoms with Gasteiger partial charge in [0.1, 0.15) is 5.01 Å². The minimum Gasteiger partial charge on any atom is -0.395 e. The molecule has 39 heavy (non-hydrogen) atoms. The molecule has 0 aliphatic heterocycles. The number of thioether (sulfide) groups is 2. The smallest absolute Gasteiger partial charge is 0.257 e. The predicted molar refractivity (Wildman–Crippen MR) is 159 cm³/mol. The zero-order valence-electron chi connectivity index (χ0n) is 21.0. The van der Waals surface area contributed by atoms with Gasteiger partial charge >= 0.3 is 0 Å². The molecule has 1 aromatic heterocycles. The summed E-state index contributed by atoms with van der Waals surface area (Å²) in [6.07, 6.45) is 1.11. The van der Waals surface area contributed by atoms with Crippen LogP contribution in [0.4, 0.5) is 5.13 Å². The van der Waals surface area contributed by atoms with E-state index in [1.807, 2.05) is 24.3 Å². The zero-order chi connectivity index (χ0) is 28.0. The summed E-state index contributed by atoms with van der Waals surface area (Å²) >= 11 is 3.86. The number of nitrogens with zero attached hydrogens (tertiary/aromatic N) is 3. The van der Waals surface area contributed by atoms with Gasteiger partial charge in [0.05, 0.1) is 30.1 Å². The van der Waals surface area contributed by atoms with Crippen LogP contribution >= 0.6 is 34.9 Å². The van der Waals surface area contributed by atoms with Crippen LogP contribution in [0.3, 0.4) is 0 Å². The second-order valence-electron chi connectivity index (χ2n) is 8.21. The third-order valence-electron chi connectivity index (χ3n) is 5.46. The standard InChI is InChI=1S/C26H30N6O4S3/c27-21(38-25(28)29-23(35)19(15-33)17-7-3-1-4-8-17)11-13-37-14-12-22-31-32-26(39-22)30-24(36)20(16-34)18-9-5-2-6-10-18/h1-10,19-20,27,33-34H,11-16H2,(H2,28,29,35)(H,30,32,36). The van der Waals surface area contributed by atoms with Gasteiger partial charge in [-0.25, -0.2) is 0 Å². The van der Waals surface area contributed by atoms with Crippen LogP contribution in [0.2, 0.25) is 0 Å². The lowest BCUT2D eigenvalue weighted by atomic mass is 9.99. The summed E-state index contributed by atoms with van der Waals surface area (Å²) in [5.74, 6) is -0.929. The molecule has 0 spiro atoms. The van der Waals surface area contributed by atoms with Crippen molar-refractivity contribution in [1.82, 2.24) is 10.2 Å². The lowest BCUT2D eigenvalue weighted by Gasteiger charge is -2.13. The average molecular weight is 587 g/mol. The van der Waals surface area contributed by atoms with E-state index in [1.54, 1.807) is 48.2 Å². The van der Waals surface area contributed by atoms with E-state index in [1.165, 1.54) is 11.3 Å². The molecule has 0 fully saturated rings. The number of carbonyl (C=O) groups is 2. The van der Waals surface area contributed by atoms with Crippen molar-refractivity contribution in [3.8, 4) is 0 Å². The summed E-state index contributed by atoms with van der Waals surface area (Å²) < 4.78 is 0. The van der Waals surface area contributed by atoms with Gasteiger partial charge in [-0.05, 0) is 34.4 Å². The Morgan fingerprint density at radius 2 is 1.59 bits per heavy atom. The molecule has 3 aromatic rings. The Labute approximate surface area is 239 Å². The van der Waals surface area contributed by atoms with Crippen LogP contribution in [0.5, 0.6) is 0 Å². The maximum Gasteiger partial charge on any atom is 0.257 e. The first-order valence-electron chi connectivity index (χ1n) is 12.1. The number of aliphatic hydroxyl groups is 2. The van der Waals surface area contributed by atoms with Crippen LogP contribution < -0.4 is 11.1 Å². The van der Waals surface area contributed by atoms with Crippen molar-refractivity contribution in [3.63, 3.8) is 0 Å². The first kappa shape index (κ1) is 30.4. The van der Waals surface area contributed by atoms with Crippen molar-refractivity contribution in [3.05, 3.63) is 76.8 Å². The molecule has 0 bridgehead atoms. The van der Waals surface area contributed by atoms with E-state index in [2.05, 4.69) is 20.5 Å². The summed E-state index contributed by atoms with van der Waals surface area (Å²) in [5, 5.41) is 39.6. The quantitative estimate of drug-likeness (QED) is 0.114. The van der Waals surface area contributed by atoms with E-state index in [4.69, 9.17) is 11.1 Å². The van der Waals surface area contributed by atoms with Gasteiger partial charge in [-0.3, -0.25) is 20.3 Å². The molecule has 0 saturated carbocycles. The maximum atomic E-state index is 12.6. The molecule has 13 heteroatoms. The molecule has 2 amide bonds. The highest BCUT2D eigenvalue weighted by molar-refractivity contribution is 8.26. The molecule has 0 aliphatic carbocycles. The number of nitrogens with one attached hydrogen (secondary N) is 2. The second kappa shape index (κ2) is 16.1. The average Bonchev–Trinajstić information content (AvgIpc) is 3.37. The Kier molecular flexibility index (Phi) is 12.6. The number of aryl methyl sites for hydroxylation is 1. The Bertz CT molecular complexity index is 1260. The summed E-state index contributed by atoms with van der Waals surface area (Å²) in [6, 6.07) is 17.9. The number of nitrogens with two attached hydrogens (primary N) is 1. The van der Waals surface area contributed by atoms with Crippen LogP contribution in [0.1, 0.15) is 34.4 Å². The monoisotopic (exact) mass is 586 g/mol. The summed E-state index contributed by atoms with van der Waals surface area (Å²) in [7, 11) is 0. The molecule has 2 atom stereocenters.